The fourth-order valence-electron chi connectivity index (χ4n) is 1.34. The van der Waals surface area contributed by atoms with E-state index in [4.69, 9.17) is 11.6 Å². The standard InChI is InChI=1S/C11H6Br2ClFS/c12-8-2-1-6(15)5-7(8)10(13)11-9(14)3-4-16-11/h1-5,10H. The third kappa shape index (κ3) is 2.50. The monoisotopic (exact) mass is 382 g/mol. The summed E-state index contributed by atoms with van der Waals surface area (Å²) >= 11 is 14.5. The van der Waals surface area contributed by atoms with Gasteiger partial charge in [-0.1, -0.05) is 43.5 Å². The first-order valence-electron chi connectivity index (χ1n) is 4.41. The Labute approximate surface area is 119 Å². The van der Waals surface area contributed by atoms with Gasteiger partial charge in [-0.3, -0.25) is 0 Å². The third-order valence-corrected chi connectivity index (χ3v) is 5.51. The minimum atomic E-state index is -0.254. The van der Waals surface area contributed by atoms with Crippen LogP contribution in [0.25, 0.3) is 0 Å². The summed E-state index contributed by atoms with van der Waals surface area (Å²) in [4.78, 5) is 0.887. The molecule has 1 aromatic carbocycles. The lowest BCUT2D eigenvalue weighted by Crippen LogP contribution is -1.93. The second-order valence-electron chi connectivity index (χ2n) is 3.16. The van der Waals surface area contributed by atoms with Crippen LogP contribution in [0.1, 0.15) is 15.3 Å². The Morgan fingerprint density at radius 1 is 1.31 bits per heavy atom. The van der Waals surface area contributed by atoms with E-state index in [0.29, 0.717) is 5.02 Å². The number of alkyl halides is 1. The van der Waals surface area contributed by atoms with Crippen LogP contribution in [0.4, 0.5) is 4.39 Å². The second kappa shape index (κ2) is 5.17. The minimum Gasteiger partial charge on any atom is -0.207 e. The molecule has 0 nitrogen and oxygen atoms in total. The summed E-state index contributed by atoms with van der Waals surface area (Å²) in [6.45, 7) is 0. The molecule has 1 atom stereocenters. The van der Waals surface area contributed by atoms with Gasteiger partial charge in [0.1, 0.15) is 5.82 Å². The normalized spacial score (nSPS) is 12.8. The number of benzene rings is 1. The van der Waals surface area contributed by atoms with Crippen molar-refractivity contribution in [1.29, 1.82) is 0 Å². The molecule has 0 saturated heterocycles. The third-order valence-electron chi connectivity index (χ3n) is 2.11. The summed E-state index contributed by atoms with van der Waals surface area (Å²) in [6, 6.07) is 6.45. The van der Waals surface area contributed by atoms with Gasteiger partial charge in [-0.25, -0.2) is 4.39 Å². The summed E-state index contributed by atoms with van der Waals surface area (Å²) in [5, 5.41) is 2.61. The molecule has 0 spiro atoms. The highest BCUT2D eigenvalue weighted by molar-refractivity contribution is 9.11. The predicted octanol–water partition coefficient (Wildman–Crippen LogP) is 5.79. The van der Waals surface area contributed by atoms with E-state index in [9.17, 15) is 4.39 Å². The molecule has 2 aromatic rings. The van der Waals surface area contributed by atoms with Crippen LogP contribution in [-0.4, -0.2) is 0 Å². The minimum absolute atomic E-state index is 0.0925. The van der Waals surface area contributed by atoms with Crippen LogP contribution in [0.5, 0.6) is 0 Å². The largest absolute Gasteiger partial charge is 0.207 e. The zero-order valence-corrected chi connectivity index (χ0v) is 12.6. The fraction of sp³-hybridized carbons (Fsp3) is 0.0909. The van der Waals surface area contributed by atoms with Gasteiger partial charge in [0.15, 0.2) is 0 Å². The molecular formula is C11H6Br2ClFS. The molecular weight excluding hydrogens is 378 g/mol. The molecule has 0 aliphatic heterocycles. The Balaban J connectivity index is 2.45. The van der Waals surface area contributed by atoms with E-state index in [-0.39, 0.29) is 10.6 Å². The molecule has 0 amide bonds. The predicted molar refractivity (Wildman–Crippen MR) is 74.2 cm³/mol. The van der Waals surface area contributed by atoms with Crippen molar-refractivity contribution < 1.29 is 4.39 Å². The molecule has 1 unspecified atom stereocenters. The Morgan fingerprint density at radius 2 is 2.06 bits per heavy atom. The molecule has 0 aliphatic carbocycles. The molecule has 5 heteroatoms. The number of thiophene rings is 1. The van der Waals surface area contributed by atoms with E-state index < -0.39 is 0 Å². The second-order valence-corrected chi connectivity index (χ2v) is 6.29. The summed E-state index contributed by atoms with van der Waals surface area (Å²) in [6.07, 6.45) is 0. The Hall–Kier alpha value is 0.1000. The lowest BCUT2D eigenvalue weighted by atomic mass is 10.1. The van der Waals surface area contributed by atoms with Crippen LogP contribution in [0.15, 0.2) is 34.1 Å². The van der Waals surface area contributed by atoms with Crippen LogP contribution >= 0.6 is 54.8 Å². The van der Waals surface area contributed by atoms with E-state index >= 15 is 0 Å². The van der Waals surface area contributed by atoms with E-state index in [1.807, 2.05) is 11.4 Å². The molecule has 0 N–H and O–H groups in total. The highest BCUT2D eigenvalue weighted by Gasteiger charge is 2.18. The fourth-order valence-corrected chi connectivity index (χ4v) is 4.36. The van der Waals surface area contributed by atoms with Gasteiger partial charge < -0.3 is 0 Å². The molecule has 84 valence electrons. The molecule has 1 aromatic heterocycles. The average molecular weight is 384 g/mol. The summed E-state index contributed by atoms with van der Waals surface area (Å²) in [7, 11) is 0. The number of hydrogen-bond donors (Lipinski definition) is 0. The molecule has 0 saturated carbocycles. The zero-order valence-electron chi connectivity index (χ0n) is 7.88. The first-order valence-corrected chi connectivity index (χ1v) is 7.38. The smallest absolute Gasteiger partial charge is 0.123 e. The van der Waals surface area contributed by atoms with Crippen molar-refractivity contribution in [2.24, 2.45) is 0 Å². The van der Waals surface area contributed by atoms with Crippen molar-refractivity contribution in [1.82, 2.24) is 0 Å². The maximum Gasteiger partial charge on any atom is 0.123 e. The van der Waals surface area contributed by atoms with Crippen LogP contribution in [0.2, 0.25) is 5.02 Å². The van der Waals surface area contributed by atoms with Gasteiger partial charge in [0.25, 0.3) is 0 Å². The molecule has 0 fully saturated rings. The highest BCUT2D eigenvalue weighted by atomic mass is 79.9. The van der Waals surface area contributed by atoms with Gasteiger partial charge in [-0.15, -0.1) is 11.3 Å². The van der Waals surface area contributed by atoms with Gasteiger partial charge >= 0.3 is 0 Å². The van der Waals surface area contributed by atoms with Crippen LogP contribution < -0.4 is 0 Å². The van der Waals surface area contributed by atoms with Crippen molar-refractivity contribution in [3.63, 3.8) is 0 Å². The highest BCUT2D eigenvalue weighted by Crippen LogP contribution is 2.41. The summed E-state index contributed by atoms with van der Waals surface area (Å²) in [5.41, 5.74) is 0.837. The first kappa shape index (κ1) is 12.6. The first-order chi connectivity index (χ1) is 7.59. The van der Waals surface area contributed by atoms with E-state index in [1.165, 1.54) is 12.1 Å². The van der Waals surface area contributed by atoms with E-state index in [1.54, 1.807) is 17.4 Å². The molecule has 0 aliphatic rings. The van der Waals surface area contributed by atoms with Crippen molar-refractivity contribution in [2.75, 3.05) is 0 Å². The van der Waals surface area contributed by atoms with Crippen LogP contribution in [0.3, 0.4) is 0 Å². The molecule has 1 heterocycles. The topological polar surface area (TPSA) is 0 Å². The number of halogens is 4. The Bertz CT molecular complexity index is 512. The number of rotatable bonds is 2. The van der Waals surface area contributed by atoms with E-state index in [2.05, 4.69) is 31.9 Å². The molecule has 16 heavy (non-hydrogen) atoms. The Morgan fingerprint density at radius 3 is 2.69 bits per heavy atom. The van der Waals surface area contributed by atoms with Gasteiger partial charge in [-0.2, -0.15) is 0 Å². The van der Waals surface area contributed by atoms with Gasteiger partial charge in [0, 0.05) is 9.35 Å². The summed E-state index contributed by atoms with van der Waals surface area (Å²) < 4.78 is 14.0. The lowest BCUT2D eigenvalue weighted by molar-refractivity contribution is 0.625. The molecule has 0 bridgehead atoms. The van der Waals surface area contributed by atoms with Gasteiger partial charge in [0.05, 0.1) is 9.85 Å². The summed E-state index contributed by atoms with van der Waals surface area (Å²) in [5.74, 6) is -0.254. The molecule has 0 radical (unpaired) electrons. The maximum atomic E-state index is 13.2. The SMILES string of the molecule is Fc1ccc(Br)c(C(Br)c2sccc2Cl)c1. The van der Waals surface area contributed by atoms with Gasteiger partial charge in [0.2, 0.25) is 0 Å². The maximum absolute atomic E-state index is 13.2. The average Bonchev–Trinajstić information content (AvgIpc) is 2.67. The van der Waals surface area contributed by atoms with Crippen molar-refractivity contribution in [3.05, 3.63) is 55.4 Å². The van der Waals surface area contributed by atoms with Crippen molar-refractivity contribution >= 4 is 54.8 Å². The van der Waals surface area contributed by atoms with Crippen molar-refractivity contribution in [3.8, 4) is 0 Å². The number of hydrogen-bond acceptors (Lipinski definition) is 1. The van der Waals surface area contributed by atoms with Crippen LogP contribution in [-0.2, 0) is 0 Å². The van der Waals surface area contributed by atoms with E-state index in [0.717, 1.165) is 14.9 Å². The Kier molecular flexibility index (Phi) is 4.06. The quantitative estimate of drug-likeness (QED) is 0.575. The molecule has 2 rings (SSSR count). The van der Waals surface area contributed by atoms with Crippen LogP contribution in [0, 0.1) is 5.82 Å². The van der Waals surface area contributed by atoms with Crippen molar-refractivity contribution in [2.45, 2.75) is 4.83 Å². The lowest BCUT2D eigenvalue weighted by Gasteiger charge is -2.11. The van der Waals surface area contributed by atoms with Gasteiger partial charge in [-0.05, 0) is 35.2 Å². The zero-order chi connectivity index (χ0) is 11.7.